The van der Waals surface area contributed by atoms with Crippen LogP contribution in [0.3, 0.4) is 0 Å². The van der Waals surface area contributed by atoms with Gasteiger partial charge >= 0.3 is 5.69 Å². The summed E-state index contributed by atoms with van der Waals surface area (Å²) in [5, 5.41) is 19.7. The van der Waals surface area contributed by atoms with Gasteiger partial charge in [0.15, 0.2) is 9.84 Å². The topological polar surface area (TPSA) is 133 Å². The van der Waals surface area contributed by atoms with Crippen LogP contribution in [0, 0.1) is 21.4 Å². The minimum atomic E-state index is -3.73. The second-order valence-electron chi connectivity index (χ2n) is 8.74. The molecule has 2 aliphatic heterocycles. The molecule has 0 amide bonds. The number of pyridine rings is 1. The Morgan fingerprint density at radius 3 is 2.58 bits per heavy atom. The Hall–Kier alpha value is -2.98. The number of aromatic nitrogens is 1. The summed E-state index contributed by atoms with van der Waals surface area (Å²) < 4.78 is 32.0. The lowest BCUT2D eigenvalue weighted by Crippen LogP contribution is -2.47. The van der Waals surface area contributed by atoms with Gasteiger partial charge in [-0.25, -0.2) is 13.4 Å². The van der Waals surface area contributed by atoms with E-state index in [9.17, 15) is 23.8 Å². The molecule has 0 N–H and O–H groups in total. The number of halogens is 1. The molecule has 1 aromatic heterocycles. The average molecular weight is 535 g/mol. The summed E-state index contributed by atoms with van der Waals surface area (Å²) in [5.41, 5.74) is 0.201. The van der Waals surface area contributed by atoms with Gasteiger partial charge in [0.05, 0.1) is 26.7 Å². The summed E-state index contributed by atoms with van der Waals surface area (Å²) in [6, 6.07) is 9.47. The standard InChI is InChI=1S/C23H27ClN6O5S/c1-35-13-12-27-8-10-28(11-9-27)17-2-4-22(19(24)14-17)36(33,34)18-6-7-29(16-18)23-5-3-21(30(31)32)20(15-25)26-23/h2-5,14,18H,6-13,16H2,1H3. The molecule has 4 rings (SSSR count). The van der Waals surface area contributed by atoms with E-state index in [2.05, 4.69) is 14.8 Å². The maximum atomic E-state index is 13.4. The molecule has 0 radical (unpaired) electrons. The highest BCUT2D eigenvalue weighted by molar-refractivity contribution is 7.92. The fourth-order valence-electron chi connectivity index (χ4n) is 4.58. The summed E-state index contributed by atoms with van der Waals surface area (Å²) in [6.07, 6.45) is 0.352. The van der Waals surface area contributed by atoms with Crippen molar-refractivity contribution in [2.24, 2.45) is 0 Å². The third-order valence-corrected chi connectivity index (χ3v) is 9.30. The van der Waals surface area contributed by atoms with Crippen molar-refractivity contribution in [3.63, 3.8) is 0 Å². The van der Waals surface area contributed by atoms with Gasteiger partial charge in [0, 0.05) is 64.7 Å². The number of anilines is 2. The van der Waals surface area contributed by atoms with Crippen molar-refractivity contribution in [3.8, 4) is 6.07 Å². The highest BCUT2D eigenvalue weighted by Crippen LogP contribution is 2.33. The van der Waals surface area contributed by atoms with Crippen LogP contribution in [0.15, 0.2) is 35.2 Å². The molecule has 0 saturated carbocycles. The Labute approximate surface area is 214 Å². The van der Waals surface area contributed by atoms with Crippen molar-refractivity contribution in [3.05, 3.63) is 51.2 Å². The van der Waals surface area contributed by atoms with Crippen LogP contribution in [-0.4, -0.2) is 88.0 Å². The van der Waals surface area contributed by atoms with E-state index in [4.69, 9.17) is 16.3 Å². The van der Waals surface area contributed by atoms with Gasteiger partial charge < -0.3 is 14.5 Å². The quantitative estimate of drug-likeness (QED) is 0.367. The molecular formula is C23H27ClN6O5S. The van der Waals surface area contributed by atoms with Gasteiger partial charge in [-0.15, -0.1) is 0 Å². The minimum absolute atomic E-state index is 0.0906. The maximum absolute atomic E-state index is 13.4. The number of hydrogen-bond acceptors (Lipinski definition) is 10. The largest absolute Gasteiger partial charge is 0.383 e. The van der Waals surface area contributed by atoms with E-state index in [1.54, 1.807) is 36.3 Å². The monoisotopic (exact) mass is 534 g/mol. The molecule has 1 atom stereocenters. The molecule has 192 valence electrons. The second-order valence-corrected chi connectivity index (χ2v) is 11.3. The van der Waals surface area contributed by atoms with Crippen LogP contribution >= 0.6 is 11.6 Å². The highest BCUT2D eigenvalue weighted by Gasteiger charge is 2.36. The molecule has 3 heterocycles. The molecule has 0 aliphatic carbocycles. The van der Waals surface area contributed by atoms with E-state index in [1.165, 1.54) is 12.1 Å². The van der Waals surface area contributed by atoms with Crippen LogP contribution < -0.4 is 9.80 Å². The van der Waals surface area contributed by atoms with Crippen LogP contribution in [0.2, 0.25) is 5.02 Å². The van der Waals surface area contributed by atoms with Crippen molar-refractivity contribution >= 4 is 38.6 Å². The molecule has 2 aromatic rings. The van der Waals surface area contributed by atoms with Crippen LogP contribution in [0.1, 0.15) is 12.1 Å². The molecular weight excluding hydrogens is 508 g/mol. The number of sulfone groups is 1. The molecule has 11 nitrogen and oxygen atoms in total. The van der Waals surface area contributed by atoms with Crippen molar-refractivity contribution < 1.29 is 18.1 Å². The first-order chi connectivity index (χ1) is 17.2. The van der Waals surface area contributed by atoms with Crippen LogP contribution in [-0.2, 0) is 14.6 Å². The average Bonchev–Trinajstić information content (AvgIpc) is 3.38. The van der Waals surface area contributed by atoms with Crippen LogP contribution in [0.4, 0.5) is 17.2 Å². The first-order valence-corrected chi connectivity index (χ1v) is 13.5. The lowest BCUT2D eigenvalue weighted by molar-refractivity contribution is -0.385. The third-order valence-electron chi connectivity index (χ3n) is 6.64. The van der Waals surface area contributed by atoms with Gasteiger partial charge in [-0.05, 0) is 30.7 Å². The summed E-state index contributed by atoms with van der Waals surface area (Å²) in [4.78, 5) is 20.8. The molecule has 1 unspecified atom stereocenters. The third kappa shape index (κ3) is 5.39. The fourth-order valence-corrected chi connectivity index (χ4v) is 6.82. The number of rotatable bonds is 8. The number of methoxy groups -OCH3 is 1. The number of benzene rings is 1. The number of hydrogen-bond donors (Lipinski definition) is 0. The Balaban J connectivity index is 1.45. The van der Waals surface area contributed by atoms with Crippen molar-refractivity contribution in [1.82, 2.24) is 9.88 Å². The van der Waals surface area contributed by atoms with Gasteiger partial charge in [0.25, 0.3) is 0 Å². The lowest BCUT2D eigenvalue weighted by atomic mass is 10.2. The number of nitro groups is 1. The number of piperazine rings is 1. The summed E-state index contributed by atoms with van der Waals surface area (Å²) in [6.45, 7) is 5.53. The predicted molar refractivity (Wildman–Crippen MR) is 135 cm³/mol. The smallest absolute Gasteiger partial charge is 0.305 e. The van der Waals surface area contributed by atoms with Crippen molar-refractivity contribution in [1.29, 1.82) is 5.26 Å². The van der Waals surface area contributed by atoms with Gasteiger partial charge in [0.2, 0.25) is 5.69 Å². The van der Waals surface area contributed by atoms with Gasteiger partial charge in [0.1, 0.15) is 11.9 Å². The summed E-state index contributed by atoms with van der Waals surface area (Å²) >= 11 is 6.49. The summed E-state index contributed by atoms with van der Waals surface area (Å²) in [7, 11) is -2.04. The first-order valence-electron chi connectivity index (χ1n) is 11.5. The molecule has 36 heavy (non-hydrogen) atoms. The molecule has 1 aromatic carbocycles. The van der Waals surface area contributed by atoms with E-state index in [0.717, 1.165) is 38.4 Å². The molecule has 0 bridgehead atoms. The van der Waals surface area contributed by atoms with Gasteiger partial charge in [-0.2, -0.15) is 5.26 Å². The Morgan fingerprint density at radius 1 is 1.19 bits per heavy atom. The van der Waals surface area contributed by atoms with E-state index in [-0.39, 0.29) is 27.8 Å². The molecule has 2 fully saturated rings. The molecule has 2 saturated heterocycles. The van der Waals surface area contributed by atoms with Gasteiger partial charge in [-0.3, -0.25) is 15.0 Å². The zero-order valence-corrected chi connectivity index (χ0v) is 21.4. The minimum Gasteiger partial charge on any atom is -0.383 e. The molecule has 0 spiro atoms. The van der Waals surface area contributed by atoms with E-state index >= 15 is 0 Å². The highest BCUT2D eigenvalue weighted by atomic mass is 35.5. The zero-order valence-electron chi connectivity index (χ0n) is 19.8. The lowest BCUT2D eigenvalue weighted by Gasteiger charge is -2.36. The number of nitrogens with zero attached hydrogens (tertiary/aromatic N) is 6. The fraction of sp³-hybridized carbons (Fsp3) is 0.478. The Kier molecular flexibility index (Phi) is 7.94. The van der Waals surface area contributed by atoms with E-state index in [1.807, 2.05) is 0 Å². The van der Waals surface area contributed by atoms with E-state index < -0.39 is 20.0 Å². The Morgan fingerprint density at radius 2 is 1.94 bits per heavy atom. The van der Waals surface area contributed by atoms with E-state index in [0.29, 0.717) is 25.4 Å². The summed E-state index contributed by atoms with van der Waals surface area (Å²) in [5.74, 6) is 0.334. The van der Waals surface area contributed by atoms with Crippen molar-refractivity contribution in [2.45, 2.75) is 16.6 Å². The zero-order chi connectivity index (χ0) is 25.9. The Bertz CT molecular complexity index is 1280. The maximum Gasteiger partial charge on any atom is 0.305 e. The SMILES string of the molecule is COCCN1CCN(c2ccc(S(=O)(=O)C3CCN(c4ccc([N+](=O)[O-])c(C#N)n4)C3)c(Cl)c2)CC1. The number of nitriles is 1. The predicted octanol–water partition coefficient (Wildman–Crippen LogP) is 2.34. The van der Waals surface area contributed by atoms with Crippen LogP contribution in [0.5, 0.6) is 0 Å². The molecule has 2 aliphatic rings. The van der Waals surface area contributed by atoms with Crippen molar-refractivity contribution in [2.75, 3.05) is 69.3 Å². The number of ether oxygens (including phenoxy) is 1. The first kappa shape index (κ1) is 26.1. The van der Waals surface area contributed by atoms with Gasteiger partial charge in [-0.1, -0.05) is 11.6 Å². The molecule has 13 heteroatoms. The van der Waals surface area contributed by atoms with Crippen LogP contribution in [0.25, 0.3) is 0 Å². The normalized spacial score (nSPS) is 18.9. The second kappa shape index (κ2) is 11.0.